The number of carbonyl (C=O) groups excluding carboxylic acids is 1. The van der Waals surface area contributed by atoms with Gasteiger partial charge in [-0.3, -0.25) is 10.1 Å². The van der Waals surface area contributed by atoms with Gasteiger partial charge in [-0.1, -0.05) is 35.9 Å². The number of ether oxygens (including phenoxy) is 1. The molecule has 4 nitrogen and oxygen atoms in total. The summed E-state index contributed by atoms with van der Waals surface area (Å²) in [6.45, 7) is -0.0534. The molecule has 29 heavy (non-hydrogen) atoms. The van der Waals surface area contributed by atoms with Gasteiger partial charge < -0.3 is 4.74 Å². The Kier molecular flexibility index (Phi) is 7.02. The summed E-state index contributed by atoms with van der Waals surface area (Å²) < 4.78 is 6.12. The van der Waals surface area contributed by atoms with Gasteiger partial charge in [0.05, 0.1) is 10.3 Å². The number of hydrogen-bond acceptors (Lipinski definition) is 6. The van der Waals surface area contributed by atoms with Crippen molar-refractivity contribution in [1.82, 2.24) is 4.98 Å². The first-order valence-corrected chi connectivity index (χ1v) is 12.5. The molecule has 0 saturated carbocycles. The predicted molar refractivity (Wildman–Crippen MR) is 125 cm³/mol. The molecule has 0 aliphatic carbocycles. The Morgan fingerprint density at radius 2 is 1.83 bits per heavy atom. The van der Waals surface area contributed by atoms with Crippen molar-refractivity contribution >= 4 is 57.5 Å². The Hall–Kier alpha value is -1.67. The molecule has 0 atom stereocenters. The van der Waals surface area contributed by atoms with Crippen molar-refractivity contribution in [1.29, 1.82) is 0 Å². The van der Waals surface area contributed by atoms with Crippen LogP contribution in [0.1, 0.15) is 16.6 Å². The average molecular weight is 463 g/mol. The zero-order valence-electron chi connectivity index (χ0n) is 15.5. The van der Waals surface area contributed by atoms with E-state index in [0.29, 0.717) is 20.5 Å². The number of amides is 1. The van der Waals surface area contributed by atoms with Crippen LogP contribution >= 0.6 is 46.5 Å². The summed E-state index contributed by atoms with van der Waals surface area (Å²) in [6, 6.07) is 15.5. The molecular formula is C21H19ClN2O2S3. The third-order valence-electron chi connectivity index (χ3n) is 4.24. The van der Waals surface area contributed by atoms with Gasteiger partial charge in [-0.25, -0.2) is 4.98 Å². The van der Waals surface area contributed by atoms with Gasteiger partial charge in [0.1, 0.15) is 5.75 Å². The van der Waals surface area contributed by atoms with E-state index in [0.717, 1.165) is 11.3 Å². The number of anilines is 1. The first-order chi connectivity index (χ1) is 14.2. The van der Waals surface area contributed by atoms with Gasteiger partial charge in [0.2, 0.25) is 0 Å². The monoisotopic (exact) mass is 462 g/mol. The fourth-order valence-corrected chi connectivity index (χ4v) is 6.55. The second-order valence-electron chi connectivity index (χ2n) is 6.38. The fourth-order valence-electron chi connectivity index (χ4n) is 2.79. The molecule has 3 aromatic rings. The summed E-state index contributed by atoms with van der Waals surface area (Å²) in [5.41, 5.74) is 3.06. The quantitative estimate of drug-likeness (QED) is 0.462. The number of halogens is 1. The number of nitrogens with zero attached hydrogens (tertiary/aromatic N) is 1. The first-order valence-electron chi connectivity index (χ1n) is 9.15. The molecule has 1 aliphatic heterocycles. The third kappa shape index (κ3) is 5.69. The molecule has 1 aliphatic rings. The summed E-state index contributed by atoms with van der Waals surface area (Å²) in [4.78, 5) is 16.6. The summed E-state index contributed by atoms with van der Waals surface area (Å²) in [5, 5.41) is 5.92. The zero-order valence-corrected chi connectivity index (χ0v) is 18.7. The predicted octanol–water partition coefficient (Wildman–Crippen LogP) is 6.35. The molecule has 1 saturated heterocycles. The van der Waals surface area contributed by atoms with E-state index in [4.69, 9.17) is 16.3 Å². The molecular weight excluding hydrogens is 444 g/mol. The molecule has 1 fully saturated rings. The topological polar surface area (TPSA) is 51.2 Å². The third-order valence-corrected chi connectivity index (χ3v) is 8.26. The van der Waals surface area contributed by atoms with Crippen LogP contribution in [0.15, 0.2) is 53.9 Å². The van der Waals surface area contributed by atoms with Crippen LogP contribution in [0.25, 0.3) is 11.3 Å². The van der Waals surface area contributed by atoms with Crippen LogP contribution in [0.4, 0.5) is 5.13 Å². The van der Waals surface area contributed by atoms with Crippen molar-refractivity contribution in [3.8, 4) is 17.0 Å². The lowest BCUT2D eigenvalue weighted by Gasteiger charge is -2.21. The molecule has 1 N–H and O–H groups in total. The van der Waals surface area contributed by atoms with Crippen molar-refractivity contribution in [2.24, 2.45) is 0 Å². The number of rotatable bonds is 6. The minimum absolute atomic E-state index is 0.0534. The smallest absolute Gasteiger partial charge is 0.264 e. The maximum atomic E-state index is 12.2. The van der Waals surface area contributed by atoms with Crippen LogP contribution in [-0.2, 0) is 4.79 Å². The van der Waals surface area contributed by atoms with Crippen LogP contribution in [0.3, 0.4) is 0 Å². The normalized spacial score (nSPS) is 14.5. The lowest BCUT2D eigenvalue weighted by atomic mass is 10.2. The first kappa shape index (κ1) is 20.6. The molecule has 0 spiro atoms. The molecule has 4 rings (SSSR count). The number of thiazole rings is 1. The maximum Gasteiger partial charge on any atom is 0.264 e. The summed E-state index contributed by atoms with van der Waals surface area (Å²) in [5.74, 6) is 2.89. The highest BCUT2D eigenvalue weighted by Crippen LogP contribution is 2.43. The van der Waals surface area contributed by atoms with Gasteiger partial charge in [0, 0.05) is 16.0 Å². The number of hydrogen-bond donors (Lipinski definition) is 1. The van der Waals surface area contributed by atoms with E-state index in [1.54, 1.807) is 0 Å². The largest absolute Gasteiger partial charge is 0.484 e. The highest BCUT2D eigenvalue weighted by atomic mass is 35.5. The van der Waals surface area contributed by atoms with E-state index in [1.807, 2.05) is 65.3 Å². The molecule has 8 heteroatoms. The van der Waals surface area contributed by atoms with E-state index in [9.17, 15) is 4.79 Å². The summed E-state index contributed by atoms with van der Waals surface area (Å²) in [6.07, 6.45) is 1.28. The fraction of sp³-hybridized carbons (Fsp3) is 0.238. The van der Waals surface area contributed by atoms with E-state index < -0.39 is 0 Å². The standard InChI is InChI=1S/C21H19ClN2O2S3/c22-16-6-2-14(3-7-16)18-13-29-21(23-18)24-19(25)12-26-17-8-4-15(5-9-17)20-27-10-1-11-28-20/h2-9,13,20H,1,10-12H2,(H,23,24,25). The van der Waals surface area contributed by atoms with E-state index in [2.05, 4.69) is 22.4 Å². The highest BCUT2D eigenvalue weighted by molar-refractivity contribution is 8.16. The Morgan fingerprint density at radius 1 is 1.10 bits per heavy atom. The number of nitrogens with one attached hydrogen (secondary N) is 1. The van der Waals surface area contributed by atoms with Crippen LogP contribution < -0.4 is 10.1 Å². The minimum atomic E-state index is -0.232. The van der Waals surface area contributed by atoms with Crippen molar-refractivity contribution in [2.45, 2.75) is 11.0 Å². The molecule has 0 bridgehead atoms. The Morgan fingerprint density at radius 3 is 2.55 bits per heavy atom. The van der Waals surface area contributed by atoms with Gasteiger partial charge >= 0.3 is 0 Å². The van der Waals surface area contributed by atoms with Crippen LogP contribution in [-0.4, -0.2) is 29.0 Å². The molecule has 2 aromatic carbocycles. The summed E-state index contributed by atoms with van der Waals surface area (Å²) in [7, 11) is 0. The van der Waals surface area contributed by atoms with Gasteiger partial charge in [-0.05, 0) is 47.8 Å². The molecule has 2 heterocycles. The number of carbonyl (C=O) groups is 1. The minimum Gasteiger partial charge on any atom is -0.484 e. The van der Waals surface area contributed by atoms with Crippen molar-refractivity contribution in [3.63, 3.8) is 0 Å². The van der Waals surface area contributed by atoms with Gasteiger partial charge in [-0.2, -0.15) is 0 Å². The van der Waals surface area contributed by atoms with E-state index in [1.165, 1.54) is 34.8 Å². The SMILES string of the molecule is O=C(COc1ccc(C2SCCCS2)cc1)Nc1nc(-c2ccc(Cl)cc2)cs1. The molecule has 0 unspecified atom stereocenters. The van der Waals surface area contributed by atoms with Crippen molar-refractivity contribution in [2.75, 3.05) is 23.4 Å². The van der Waals surface area contributed by atoms with E-state index >= 15 is 0 Å². The second kappa shape index (κ2) is 9.89. The average Bonchev–Trinajstić information content (AvgIpc) is 3.22. The summed E-state index contributed by atoms with van der Waals surface area (Å²) >= 11 is 11.3. The van der Waals surface area contributed by atoms with Gasteiger partial charge in [-0.15, -0.1) is 34.9 Å². The van der Waals surface area contributed by atoms with Crippen molar-refractivity contribution in [3.05, 3.63) is 64.5 Å². The lowest BCUT2D eigenvalue weighted by Crippen LogP contribution is -2.20. The van der Waals surface area contributed by atoms with Gasteiger partial charge in [0.15, 0.2) is 11.7 Å². The second-order valence-corrected chi connectivity index (χ2v) is 10.4. The van der Waals surface area contributed by atoms with Crippen LogP contribution in [0, 0.1) is 0 Å². The lowest BCUT2D eigenvalue weighted by molar-refractivity contribution is -0.118. The molecule has 0 radical (unpaired) electrons. The zero-order chi connectivity index (χ0) is 20.1. The van der Waals surface area contributed by atoms with Gasteiger partial charge in [0.25, 0.3) is 5.91 Å². The van der Waals surface area contributed by atoms with E-state index in [-0.39, 0.29) is 12.5 Å². The van der Waals surface area contributed by atoms with Crippen LogP contribution in [0.2, 0.25) is 5.02 Å². The number of aromatic nitrogens is 1. The van der Waals surface area contributed by atoms with Crippen molar-refractivity contribution < 1.29 is 9.53 Å². The number of thioether (sulfide) groups is 2. The Bertz CT molecular complexity index is 955. The highest BCUT2D eigenvalue weighted by Gasteiger charge is 2.16. The maximum absolute atomic E-state index is 12.2. The molecule has 1 aromatic heterocycles. The van der Waals surface area contributed by atoms with Crippen LogP contribution in [0.5, 0.6) is 5.75 Å². The number of benzene rings is 2. The Balaban J connectivity index is 1.28. The molecule has 1 amide bonds. The Labute approximate surface area is 187 Å². The molecule has 150 valence electrons.